The van der Waals surface area contributed by atoms with Crippen LogP contribution in [-0.2, 0) is 0 Å². The van der Waals surface area contributed by atoms with Gasteiger partial charge in [-0.15, -0.1) is 23.7 Å². The molecule has 0 aliphatic carbocycles. The predicted molar refractivity (Wildman–Crippen MR) is 75.9 cm³/mol. The summed E-state index contributed by atoms with van der Waals surface area (Å²) < 4.78 is 6.26. The SMILES string of the molecule is C#CCCCNC(c1ccco1)c1ccc(Cl)s1. The van der Waals surface area contributed by atoms with Crippen LogP contribution in [0.5, 0.6) is 0 Å². The maximum absolute atomic E-state index is 5.98. The van der Waals surface area contributed by atoms with Gasteiger partial charge >= 0.3 is 0 Å². The van der Waals surface area contributed by atoms with Crippen molar-refractivity contribution < 1.29 is 4.42 Å². The van der Waals surface area contributed by atoms with Crippen LogP contribution in [0.3, 0.4) is 0 Å². The number of hydrogen-bond donors (Lipinski definition) is 1. The van der Waals surface area contributed by atoms with Crippen molar-refractivity contribution in [3.63, 3.8) is 0 Å². The Morgan fingerprint density at radius 3 is 2.94 bits per heavy atom. The first-order chi connectivity index (χ1) is 8.81. The largest absolute Gasteiger partial charge is 0.467 e. The lowest BCUT2D eigenvalue weighted by molar-refractivity contribution is 0.448. The Morgan fingerprint density at radius 2 is 2.33 bits per heavy atom. The lowest BCUT2D eigenvalue weighted by Crippen LogP contribution is -2.22. The third-order valence-electron chi connectivity index (χ3n) is 2.55. The fraction of sp³-hybridized carbons (Fsp3) is 0.286. The van der Waals surface area contributed by atoms with E-state index in [1.54, 1.807) is 17.6 Å². The second-order valence-corrected chi connectivity index (χ2v) is 5.60. The monoisotopic (exact) mass is 279 g/mol. The number of hydrogen-bond acceptors (Lipinski definition) is 3. The molecule has 0 amide bonds. The molecule has 2 heterocycles. The van der Waals surface area contributed by atoms with Crippen LogP contribution in [0.1, 0.15) is 29.5 Å². The van der Waals surface area contributed by atoms with Gasteiger partial charge in [-0.3, -0.25) is 0 Å². The predicted octanol–water partition coefficient (Wildman–Crippen LogP) is 4.09. The van der Waals surface area contributed by atoms with Gasteiger partial charge in [0.1, 0.15) is 11.8 Å². The van der Waals surface area contributed by atoms with Crippen LogP contribution in [0.4, 0.5) is 0 Å². The van der Waals surface area contributed by atoms with Crippen molar-refractivity contribution in [2.75, 3.05) is 6.54 Å². The average Bonchev–Trinajstić information content (AvgIpc) is 3.01. The molecule has 0 saturated heterocycles. The molecule has 0 spiro atoms. The molecule has 2 aromatic rings. The van der Waals surface area contributed by atoms with Gasteiger partial charge in [-0.1, -0.05) is 11.6 Å². The van der Waals surface area contributed by atoms with Crippen LogP contribution in [0, 0.1) is 12.3 Å². The number of rotatable bonds is 6. The molecular weight excluding hydrogens is 266 g/mol. The molecule has 18 heavy (non-hydrogen) atoms. The first kappa shape index (κ1) is 13.2. The lowest BCUT2D eigenvalue weighted by atomic mass is 10.2. The zero-order chi connectivity index (χ0) is 12.8. The Hall–Kier alpha value is -1.21. The van der Waals surface area contributed by atoms with E-state index in [0.29, 0.717) is 0 Å². The summed E-state index contributed by atoms with van der Waals surface area (Å²) in [5.74, 6) is 3.54. The minimum atomic E-state index is 0.0512. The molecule has 0 bridgehead atoms. The fourth-order valence-electron chi connectivity index (χ4n) is 1.72. The van der Waals surface area contributed by atoms with Gasteiger partial charge in [0.15, 0.2) is 0 Å². The van der Waals surface area contributed by atoms with E-state index in [4.69, 9.17) is 22.4 Å². The Morgan fingerprint density at radius 1 is 1.44 bits per heavy atom. The van der Waals surface area contributed by atoms with Crippen molar-refractivity contribution in [1.29, 1.82) is 0 Å². The average molecular weight is 280 g/mol. The topological polar surface area (TPSA) is 25.2 Å². The van der Waals surface area contributed by atoms with Gasteiger partial charge in [0.2, 0.25) is 0 Å². The minimum Gasteiger partial charge on any atom is -0.467 e. The van der Waals surface area contributed by atoms with Crippen LogP contribution in [0.2, 0.25) is 4.34 Å². The summed E-state index contributed by atoms with van der Waals surface area (Å²) in [7, 11) is 0. The third-order valence-corrected chi connectivity index (χ3v) is 3.85. The van der Waals surface area contributed by atoms with Crippen molar-refractivity contribution in [3.8, 4) is 12.3 Å². The molecule has 4 heteroatoms. The molecule has 0 radical (unpaired) electrons. The summed E-state index contributed by atoms with van der Waals surface area (Å²) in [4.78, 5) is 1.15. The summed E-state index contributed by atoms with van der Waals surface area (Å²) in [5.41, 5.74) is 0. The molecule has 0 saturated carbocycles. The standard InChI is InChI=1S/C14H14ClNOS/c1-2-3-4-9-16-14(11-6-5-10-17-11)12-7-8-13(15)18-12/h1,5-8,10,14,16H,3-4,9H2. The Bertz CT molecular complexity index is 512. The van der Waals surface area contributed by atoms with E-state index in [-0.39, 0.29) is 6.04 Å². The van der Waals surface area contributed by atoms with Crippen molar-refractivity contribution in [1.82, 2.24) is 5.32 Å². The van der Waals surface area contributed by atoms with Gasteiger partial charge in [0, 0.05) is 11.3 Å². The second kappa shape index (κ2) is 6.65. The highest BCUT2D eigenvalue weighted by Gasteiger charge is 2.17. The van der Waals surface area contributed by atoms with E-state index in [0.717, 1.165) is 34.4 Å². The third kappa shape index (κ3) is 3.39. The molecule has 1 unspecified atom stereocenters. The molecule has 2 rings (SSSR count). The van der Waals surface area contributed by atoms with Crippen LogP contribution >= 0.6 is 22.9 Å². The van der Waals surface area contributed by atoms with Crippen LogP contribution in [0.15, 0.2) is 34.9 Å². The lowest BCUT2D eigenvalue weighted by Gasteiger charge is -2.14. The molecule has 0 aliphatic rings. The van der Waals surface area contributed by atoms with Crippen molar-refractivity contribution in [2.45, 2.75) is 18.9 Å². The van der Waals surface area contributed by atoms with Crippen LogP contribution < -0.4 is 5.32 Å². The zero-order valence-corrected chi connectivity index (χ0v) is 11.4. The zero-order valence-electron chi connectivity index (χ0n) is 9.86. The summed E-state index contributed by atoms with van der Waals surface area (Å²) in [5, 5.41) is 3.45. The number of terminal acetylenes is 1. The number of furan rings is 1. The highest BCUT2D eigenvalue weighted by Crippen LogP contribution is 2.31. The van der Waals surface area contributed by atoms with Gasteiger partial charge in [0.05, 0.1) is 10.6 Å². The molecular formula is C14H14ClNOS. The summed E-state index contributed by atoms with van der Waals surface area (Å²) in [6.07, 6.45) is 8.66. The van der Waals surface area contributed by atoms with Crippen molar-refractivity contribution in [3.05, 3.63) is 45.5 Å². The van der Waals surface area contributed by atoms with Crippen molar-refractivity contribution in [2.24, 2.45) is 0 Å². The fourth-order valence-corrected chi connectivity index (χ4v) is 2.86. The molecule has 0 aromatic carbocycles. The maximum Gasteiger partial charge on any atom is 0.126 e. The quantitative estimate of drug-likeness (QED) is 0.636. The smallest absolute Gasteiger partial charge is 0.126 e. The summed E-state index contributed by atoms with van der Waals surface area (Å²) >= 11 is 7.54. The molecule has 0 aliphatic heterocycles. The van der Waals surface area contributed by atoms with E-state index in [2.05, 4.69) is 11.2 Å². The van der Waals surface area contributed by atoms with Crippen LogP contribution in [-0.4, -0.2) is 6.54 Å². The van der Waals surface area contributed by atoms with Gasteiger partial charge in [-0.2, -0.15) is 0 Å². The normalized spacial score (nSPS) is 12.2. The number of unbranched alkanes of at least 4 members (excludes halogenated alkanes) is 1. The molecule has 1 atom stereocenters. The van der Waals surface area contributed by atoms with Gasteiger partial charge in [-0.05, 0) is 37.2 Å². The van der Waals surface area contributed by atoms with E-state index in [1.165, 1.54) is 0 Å². The first-order valence-corrected chi connectivity index (χ1v) is 6.96. The highest BCUT2D eigenvalue weighted by atomic mass is 35.5. The second-order valence-electron chi connectivity index (χ2n) is 3.85. The van der Waals surface area contributed by atoms with Gasteiger partial charge < -0.3 is 9.73 Å². The maximum atomic E-state index is 5.98. The highest BCUT2D eigenvalue weighted by molar-refractivity contribution is 7.16. The van der Waals surface area contributed by atoms with E-state index in [9.17, 15) is 0 Å². The van der Waals surface area contributed by atoms with Gasteiger partial charge in [-0.25, -0.2) is 0 Å². The Labute approximate surface area is 116 Å². The molecule has 0 fully saturated rings. The van der Waals surface area contributed by atoms with Gasteiger partial charge in [0.25, 0.3) is 0 Å². The van der Waals surface area contributed by atoms with Crippen molar-refractivity contribution >= 4 is 22.9 Å². The number of thiophene rings is 1. The van der Waals surface area contributed by atoms with E-state index < -0.39 is 0 Å². The Kier molecular flexibility index (Phi) is 4.89. The molecule has 1 N–H and O–H groups in total. The van der Waals surface area contributed by atoms with E-state index in [1.807, 2.05) is 24.3 Å². The number of halogens is 1. The minimum absolute atomic E-state index is 0.0512. The Balaban J connectivity index is 2.07. The van der Waals surface area contributed by atoms with E-state index >= 15 is 0 Å². The number of nitrogens with one attached hydrogen (secondary N) is 1. The summed E-state index contributed by atoms with van der Waals surface area (Å²) in [6, 6.07) is 7.83. The summed E-state index contributed by atoms with van der Waals surface area (Å²) in [6.45, 7) is 0.852. The molecule has 2 aromatic heterocycles. The first-order valence-electron chi connectivity index (χ1n) is 5.76. The van der Waals surface area contributed by atoms with Crippen LogP contribution in [0.25, 0.3) is 0 Å². The molecule has 94 valence electrons. The molecule has 2 nitrogen and oxygen atoms in total.